The standard InChI is InChI=1S/C25H24N6O2S/c1-30(2)21(33)13-12-20(32)28-25-27-19-11-10-18-22(16-7-6-14-26-15-16)29-31(23(18)24(19)34-25)17-8-4-3-5-9-17/h3-9,14-15H,10-13H2,1-2H3,(H,27,28,32). The molecule has 0 atom stereocenters. The maximum Gasteiger partial charge on any atom is 0.226 e. The number of benzene rings is 1. The van der Waals surface area contributed by atoms with Gasteiger partial charge in [0, 0.05) is 50.5 Å². The fourth-order valence-corrected chi connectivity index (χ4v) is 5.13. The highest BCUT2D eigenvalue weighted by Gasteiger charge is 2.30. The summed E-state index contributed by atoms with van der Waals surface area (Å²) in [5, 5.41) is 8.42. The van der Waals surface area contributed by atoms with Crippen LogP contribution >= 0.6 is 11.3 Å². The number of carbonyl (C=O) groups is 2. The van der Waals surface area contributed by atoms with Gasteiger partial charge in [-0.3, -0.25) is 14.6 Å². The number of rotatable bonds is 6. The fraction of sp³-hybridized carbons (Fsp3) is 0.240. The van der Waals surface area contributed by atoms with Crippen LogP contribution in [0.15, 0.2) is 54.9 Å². The molecule has 0 bridgehead atoms. The fourth-order valence-electron chi connectivity index (χ4n) is 4.04. The van der Waals surface area contributed by atoms with Gasteiger partial charge in [-0.15, -0.1) is 0 Å². The first-order valence-corrected chi connectivity index (χ1v) is 11.9. The zero-order chi connectivity index (χ0) is 23.7. The number of anilines is 1. The molecule has 0 spiro atoms. The summed E-state index contributed by atoms with van der Waals surface area (Å²) in [6.07, 6.45) is 5.45. The van der Waals surface area contributed by atoms with Gasteiger partial charge in [0.1, 0.15) is 0 Å². The van der Waals surface area contributed by atoms with E-state index in [-0.39, 0.29) is 24.7 Å². The molecule has 1 aliphatic carbocycles. The first-order valence-electron chi connectivity index (χ1n) is 11.1. The Morgan fingerprint density at radius 2 is 1.91 bits per heavy atom. The van der Waals surface area contributed by atoms with Crippen molar-refractivity contribution in [3.8, 4) is 27.5 Å². The predicted octanol–water partition coefficient (Wildman–Crippen LogP) is 3.96. The van der Waals surface area contributed by atoms with Gasteiger partial charge < -0.3 is 10.2 Å². The van der Waals surface area contributed by atoms with Crippen LogP contribution in [0.4, 0.5) is 5.13 Å². The van der Waals surface area contributed by atoms with Crippen molar-refractivity contribution in [2.24, 2.45) is 0 Å². The Kier molecular flexibility index (Phi) is 5.93. The predicted molar refractivity (Wildman–Crippen MR) is 132 cm³/mol. The van der Waals surface area contributed by atoms with E-state index in [2.05, 4.69) is 10.3 Å². The van der Waals surface area contributed by atoms with Crippen molar-refractivity contribution in [1.29, 1.82) is 0 Å². The molecule has 8 nitrogen and oxygen atoms in total. The molecule has 0 aliphatic heterocycles. The molecule has 5 rings (SSSR count). The largest absolute Gasteiger partial charge is 0.349 e. The smallest absolute Gasteiger partial charge is 0.226 e. The third-order valence-electron chi connectivity index (χ3n) is 5.75. The van der Waals surface area contributed by atoms with Crippen LogP contribution in [0, 0.1) is 0 Å². The molecule has 3 aromatic heterocycles. The second-order valence-corrected chi connectivity index (χ2v) is 9.30. The van der Waals surface area contributed by atoms with Gasteiger partial charge in [0.2, 0.25) is 11.8 Å². The van der Waals surface area contributed by atoms with Gasteiger partial charge in [-0.2, -0.15) is 5.10 Å². The van der Waals surface area contributed by atoms with Gasteiger partial charge in [-0.1, -0.05) is 29.5 Å². The number of thiazole rings is 1. The van der Waals surface area contributed by atoms with E-state index in [0.29, 0.717) is 5.13 Å². The van der Waals surface area contributed by atoms with Gasteiger partial charge in [0.25, 0.3) is 0 Å². The van der Waals surface area contributed by atoms with E-state index in [1.165, 1.54) is 16.2 Å². The summed E-state index contributed by atoms with van der Waals surface area (Å²) < 4.78 is 1.97. The number of aromatic nitrogens is 4. The van der Waals surface area contributed by atoms with Gasteiger partial charge in [0.05, 0.1) is 27.6 Å². The van der Waals surface area contributed by atoms with E-state index < -0.39 is 0 Å². The summed E-state index contributed by atoms with van der Waals surface area (Å²) in [6.45, 7) is 0. The van der Waals surface area contributed by atoms with Crippen molar-refractivity contribution in [3.05, 3.63) is 66.1 Å². The highest BCUT2D eigenvalue weighted by molar-refractivity contribution is 7.19. The lowest BCUT2D eigenvalue weighted by Crippen LogP contribution is -2.23. The topological polar surface area (TPSA) is 93.0 Å². The van der Waals surface area contributed by atoms with E-state index >= 15 is 0 Å². The molecule has 0 saturated heterocycles. The number of hydrogen-bond donors (Lipinski definition) is 1. The molecule has 0 saturated carbocycles. The number of aryl methyl sites for hydroxylation is 1. The summed E-state index contributed by atoms with van der Waals surface area (Å²) in [5.74, 6) is -0.290. The maximum atomic E-state index is 12.4. The van der Waals surface area contributed by atoms with E-state index in [4.69, 9.17) is 10.1 Å². The van der Waals surface area contributed by atoms with Crippen molar-refractivity contribution in [2.75, 3.05) is 19.4 Å². The third kappa shape index (κ3) is 4.22. The van der Waals surface area contributed by atoms with E-state index in [0.717, 1.165) is 51.6 Å². The lowest BCUT2D eigenvalue weighted by Gasteiger charge is -2.14. The van der Waals surface area contributed by atoms with Crippen molar-refractivity contribution in [1.82, 2.24) is 24.6 Å². The number of nitrogens with one attached hydrogen (secondary N) is 1. The number of para-hydroxylation sites is 1. The minimum Gasteiger partial charge on any atom is -0.349 e. The summed E-state index contributed by atoms with van der Waals surface area (Å²) in [5.41, 5.74) is 5.96. The number of fused-ring (bicyclic) bond motifs is 3. The summed E-state index contributed by atoms with van der Waals surface area (Å²) in [4.78, 5) is 35.7. The van der Waals surface area contributed by atoms with Gasteiger partial charge in [0.15, 0.2) is 5.13 Å². The molecule has 34 heavy (non-hydrogen) atoms. The maximum absolute atomic E-state index is 12.4. The quantitative estimate of drug-likeness (QED) is 0.458. The highest BCUT2D eigenvalue weighted by atomic mass is 32.1. The van der Waals surface area contributed by atoms with Crippen LogP contribution in [0.1, 0.15) is 24.1 Å². The van der Waals surface area contributed by atoms with Crippen LogP contribution in [0.5, 0.6) is 0 Å². The minimum atomic E-state index is -0.214. The van der Waals surface area contributed by atoms with Crippen LogP contribution < -0.4 is 5.32 Å². The number of carbonyl (C=O) groups excluding carboxylic acids is 2. The second-order valence-electron chi connectivity index (χ2n) is 8.30. The van der Waals surface area contributed by atoms with Crippen molar-refractivity contribution in [2.45, 2.75) is 25.7 Å². The Hall–Kier alpha value is -3.85. The zero-order valence-corrected chi connectivity index (χ0v) is 19.8. The number of amides is 2. The Morgan fingerprint density at radius 1 is 1.09 bits per heavy atom. The van der Waals surface area contributed by atoms with Crippen LogP contribution in [0.3, 0.4) is 0 Å². The van der Waals surface area contributed by atoms with Gasteiger partial charge >= 0.3 is 0 Å². The van der Waals surface area contributed by atoms with E-state index in [9.17, 15) is 9.59 Å². The Bertz CT molecular complexity index is 1340. The lowest BCUT2D eigenvalue weighted by atomic mass is 9.95. The Balaban J connectivity index is 1.51. The van der Waals surface area contributed by atoms with E-state index in [1.807, 2.05) is 53.3 Å². The molecule has 0 unspecified atom stereocenters. The van der Waals surface area contributed by atoms with Crippen molar-refractivity contribution in [3.63, 3.8) is 0 Å². The van der Waals surface area contributed by atoms with Crippen LogP contribution in [-0.2, 0) is 22.4 Å². The molecular formula is C25H24N6O2S. The molecule has 2 amide bonds. The normalized spacial score (nSPS) is 12.1. The molecular weight excluding hydrogens is 448 g/mol. The zero-order valence-electron chi connectivity index (χ0n) is 19.0. The summed E-state index contributed by atoms with van der Waals surface area (Å²) in [6, 6.07) is 14.0. The SMILES string of the molecule is CN(C)C(=O)CCC(=O)Nc1nc2c(s1)-c1c(c(-c3cccnc3)nn1-c1ccccc1)CC2. The minimum absolute atomic E-state index is 0.0760. The molecule has 0 radical (unpaired) electrons. The average molecular weight is 473 g/mol. The summed E-state index contributed by atoms with van der Waals surface area (Å²) in [7, 11) is 3.37. The van der Waals surface area contributed by atoms with Gasteiger partial charge in [-0.05, 0) is 37.1 Å². The van der Waals surface area contributed by atoms with Crippen LogP contribution in [0.2, 0.25) is 0 Å². The molecule has 1 N–H and O–H groups in total. The summed E-state index contributed by atoms with van der Waals surface area (Å²) >= 11 is 1.45. The highest BCUT2D eigenvalue weighted by Crippen LogP contribution is 2.44. The Morgan fingerprint density at radius 3 is 2.65 bits per heavy atom. The third-order valence-corrected chi connectivity index (χ3v) is 6.77. The molecule has 1 aromatic carbocycles. The molecule has 3 heterocycles. The molecule has 1 aliphatic rings. The monoisotopic (exact) mass is 472 g/mol. The first-order chi connectivity index (χ1) is 16.5. The van der Waals surface area contributed by atoms with Crippen molar-refractivity contribution >= 4 is 28.3 Å². The number of nitrogens with zero attached hydrogens (tertiary/aromatic N) is 5. The number of hydrogen-bond acceptors (Lipinski definition) is 6. The van der Waals surface area contributed by atoms with Gasteiger partial charge in [-0.25, -0.2) is 9.67 Å². The van der Waals surface area contributed by atoms with Crippen LogP contribution in [0.25, 0.3) is 27.5 Å². The molecule has 0 fully saturated rings. The van der Waals surface area contributed by atoms with E-state index in [1.54, 1.807) is 20.3 Å². The second kappa shape index (κ2) is 9.18. The molecule has 172 valence electrons. The lowest BCUT2D eigenvalue weighted by molar-refractivity contribution is -0.130. The average Bonchev–Trinajstić information content (AvgIpc) is 3.44. The first kappa shape index (κ1) is 22.0. The van der Waals surface area contributed by atoms with Crippen molar-refractivity contribution < 1.29 is 9.59 Å². The molecule has 4 aromatic rings. The molecule has 9 heteroatoms. The number of pyridine rings is 1. The van der Waals surface area contributed by atoms with Crippen LogP contribution in [-0.4, -0.2) is 50.6 Å². The Labute approximate surface area is 201 Å².